The van der Waals surface area contributed by atoms with Crippen LogP contribution >= 0.6 is 0 Å². The van der Waals surface area contributed by atoms with Crippen LogP contribution in [0.25, 0.3) is 0 Å². The number of amides is 2. The summed E-state index contributed by atoms with van der Waals surface area (Å²) in [7, 11) is 0. The minimum atomic E-state index is -0.751. The zero-order valence-electron chi connectivity index (χ0n) is 17.2. The Kier molecular flexibility index (Phi) is 4.69. The zero-order valence-corrected chi connectivity index (χ0v) is 17.2. The summed E-state index contributed by atoms with van der Waals surface area (Å²) in [5.41, 5.74) is 1.82. The lowest BCUT2D eigenvalue weighted by molar-refractivity contribution is -0.142. The third-order valence-electron chi connectivity index (χ3n) is 8.06. The molecule has 0 bridgehead atoms. The topological polar surface area (TPSA) is 60.9 Å². The molecule has 0 aromatic heterocycles. The molecule has 1 aromatic rings. The van der Waals surface area contributed by atoms with E-state index in [0.717, 1.165) is 77.5 Å². The third kappa shape index (κ3) is 3.27. The Morgan fingerprint density at radius 3 is 2.28 bits per heavy atom. The van der Waals surface area contributed by atoms with Gasteiger partial charge in [0, 0.05) is 31.6 Å². The smallest absolute Gasteiger partial charge is 0.230 e. The number of fused-ring (bicyclic) bond motifs is 2. The Hall–Kier alpha value is -1.88. The molecule has 1 spiro atoms. The van der Waals surface area contributed by atoms with Gasteiger partial charge in [0.2, 0.25) is 11.8 Å². The lowest BCUT2D eigenvalue weighted by atomic mass is 9.73. The Morgan fingerprint density at radius 1 is 0.931 bits per heavy atom. The van der Waals surface area contributed by atoms with Crippen molar-refractivity contribution in [2.45, 2.75) is 74.7 Å². The molecule has 1 aromatic carbocycles. The minimum Gasteiger partial charge on any atom is -0.389 e. The first kappa shape index (κ1) is 19.1. The van der Waals surface area contributed by atoms with Gasteiger partial charge in [-0.1, -0.05) is 24.3 Å². The Bertz CT molecular complexity index is 802. The van der Waals surface area contributed by atoms with Crippen molar-refractivity contribution in [1.29, 1.82) is 0 Å². The fraction of sp³-hybridized carbons (Fsp3) is 0.667. The molecule has 1 N–H and O–H groups in total. The van der Waals surface area contributed by atoms with Gasteiger partial charge in [0.1, 0.15) is 0 Å². The number of hydrogen-bond donors (Lipinski definition) is 1. The molecule has 0 radical (unpaired) electrons. The second-order valence-electron chi connectivity index (χ2n) is 9.79. The van der Waals surface area contributed by atoms with Crippen molar-refractivity contribution in [1.82, 2.24) is 9.80 Å². The van der Waals surface area contributed by atoms with Crippen LogP contribution in [0.5, 0.6) is 0 Å². The summed E-state index contributed by atoms with van der Waals surface area (Å²) in [4.78, 5) is 29.9. The predicted octanol–water partition coefficient (Wildman–Crippen LogP) is 2.96. The highest BCUT2D eigenvalue weighted by atomic mass is 16.3. The van der Waals surface area contributed by atoms with E-state index in [9.17, 15) is 14.7 Å². The molecular weight excluding hydrogens is 364 g/mol. The molecule has 2 saturated heterocycles. The van der Waals surface area contributed by atoms with E-state index in [0.29, 0.717) is 5.91 Å². The summed E-state index contributed by atoms with van der Waals surface area (Å²) in [6.07, 6.45) is 7.75. The van der Waals surface area contributed by atoms with Crippen LogP contribution in [-0.2, 0) is 15.0 Å². The van der Waals surface area contributed by atoms with Crippen LogP contribution in [0.3, 0.4) is 0 Å². The number of aliphatic hydroxyl groups is 1. The van der Waals surface area contributed by atoms with Crippen LogP contribution in [0.1, 0.15) is 74.8 Å². The summed E-state index contributed by atoms with van der Waals surface area (Å²) in [5, 5.41) is 10.4. The number of piperidine rings is 1. The fourth-order valence-electron chi connectivity index (χ4n) is 6.09. The van der Waals surface area contributed by atoms with E-state index in [1.807, 2.05) is 4.90 Å². The van der Waals surface area contributed by atoms with Crippen LogP contribution in [0, 0.1) is 0 Å². The molecular formula is C24H32N2O3. The molecule has 2 aliphatic heterocycles. The molecule has 2 heterocycles. The molecule has 3 fully saturated rings. The average molecular weight is 397 g/mol. The van der Waals surface area contributed by atoms with Gasteiger partial charge in [0.05, 0.1) is 17.9 Å². The molecule has 1 atom stereocenters. The Balaban J connectivity index is 1.31. The molecule has 156 valence electrons. The van der Waals surface area contributed by atoms with Crippen LogP contribution in [0.2, 0.25) is 0 Å². The van der Waals surface area contributed by atoms with E-state index in [2.05, 4.69) is 29.2 Å². The number of nitrogens with zero attached hydrogens (tertiary/aromatic N) is 2. The number of rotatable bonds is 3. The number of benzene rings is 1. The summed E-state index contributed by atoms with van der Waals surface area (Å²) in [5.74, 6) is 0.373. The third-order valence-corrected chi connectivity index (χ3v) is 8.06. The summed E-state index contributed by atoms with van der Waals surface area (Å²) in [6.45, 7) is 3.26. The van der Waals surface area contributed by atoms with E-state index in [4.69, 9.17) is 0 Å². The van der Waals surface area contributed by atoms with Gasteiger partial charge < -0.3 is 14.9 Å². The van der Waals surface area contributed by atoms with Crippen molar-refractivity contribution in [3.8, 4) is 0 Å². The van der Waals surface area contributed by atoms with Crippen molar-refractivity contribution in [2.24, 2.45) is 0 Å². The van der Waals surface area contributed by atoms with Gasteiger partial charge in [-0.25, -0.2) is 0 Å². The predicted molar refractivity (Wildman–Crippen MR) is 111 cm³/mol. The van der Waals surface area contributed by atoms with Gasteiger partial charge in [-0.15, -0.1) is 0 Å². The maximum atomic E-state index is 13.2. The molecule has 4 aliphatic rings. The van der Waals surface area contributed by atoms with Gasteiger partial charge in [0.25, 0.3) is 0 Å². The molecule has 2 aliphatic carbocycles. The van der Waals surface area contributed by atoms with Crippen LogP contribution in [0.4, 0.5) is 0 Å². The normalized spacial score (nSPS) is 27.0. The minimum absolute atomic E-state index is 0.0147. The number of hydrogen-bond acceptors (Lipinski definition) is 3. The molecule has 1 unspecified atom stereocenters. The van der Waals surface area contributed by atoms with Gasteiger partial charge in [-0.05, 0) is 62.5 Å². The lowest BCUT2D eigenvalue weighted by Gasteiger charge is -2.42. The van der Waals surface area contributed by atoms with Crippen molar-refractivity contribution in [2.75, 3.05) is 26.2 Å². The molecule has 1 saturated carbocycles. The summed E-state index contributed by atoms with van der Waals surface area (Å²) in [6, 6.07) is 8.50. The first-order chi connectivity index (χ1) is 14.0. The van der Waals surface area contributed by atoms with Crippen LogP contribution in [-0.4, -0.2) is 58.5 Å². The standard InChI is InChI=1S/C24H32N2O3/c27-21(17-24(29)8-5-9-24)25-14-10-23(11-15-25)16-19(18-6-1-2-7-20(18)23)22(28)26-12-3-4-13-26/h1-2,6-7,19,29H,3-5,8-17H2. The highest BCUT2D eigenvalue weighted by molar-refractivity contribution is 5.86. The first-order valence-corrected chi connectivity index (χ1v) is 11.4. The number of carbonyl (C=O) groups is 2. The quantitative estimate of drug-likeness (QED) is 0.855. The molecule has 5 nitrogen and oxygen atoms in total. The largest absolute Gasteiger partial charge is 0.389 e. The number of likely N-dealkylation sites (tertiary alicyclic amines) is 2. The molecule has 2 amide bonds. The highest BCUT2D eigenvalue weighted by Crippen LogP contribution is 2.52. The van der Waals surface area contributed by atoms with E-state index < -0.39 is 5.60 Å². The Labute approximate surface area is 173 Å². The fourth-order valence-corrected chi connectivity index (χ4v) is 6.09. The maximum Gasteiger partial charge on any atom is 0.230 e. The van der Waals surface area contributed by atoms with Gasteiger partial charge in [0.15, 0.2) is 0 Å². The van der Waals surface area contributed by atoms with E-state index in [1.54, 1.807) is 0 Å². The van der Waals surface area contributed by atoms with E-state index in [1.165, 1.54) is 11.1 Å². The van der Waals surface area contributed by atoms with Crippen molar-refractivity contribution in [3.05, 3.63) is 35.4 Å². The maximum absolute atomic E-state index is 13.2. The van der Waals surface area contributed by atoms with Crippen LogP contribution < -0.4 is 0 Å². The summed E-state index contributed by atoms with van der Waals surface area (Å²) < 4.78 is 0. The van der Waals surface area contributed by atoms with Crippen molar-refractivity contribution < 1.29 is 14.7 Å². The molecule has 5 rings (SSSR count). The van der Waals surface area contributed by atoms with Gasteiger partial charge in [-0.2, -0.15) is 0 Å². The molecule has 5 heteroatoms. The SMILES string of the molecule is O=C(CC1(O)CCC1)N1CCC2(CC1)CC(C(=O)N1CCCC1)c1ccccc12. The van der Waals surface area contributed by atoms with E-state index in [-0.39, 0.29) is 23.7 Å². The highest BCUT2D eigenvalue weighted by Gasteiger charge is 2.49. The first-order valence-electron chi connectivity index (χ1n) is 11.4. The van der Waals surface area contributed by atoms with Crippen LogP contribution in [0.15, 0.2) is 24.3 Å². The zero-order chi connectivity index (χ0) is 20.1. The molecule has 29 heavy (non-hydrogen) atoms. The summed E-state index contributed by atoms with van der Waals surface area (Å²) >= 11 is 0. The van der Waals surface area contributed by atoms with Crippen molar-refractivity contribution >= 4 is 11.8 Å². The monoisotopic (exact) mass is 396 g/mol. The van der Waals surface area contributed by atoms with E-state index >= 15 is 0 Å². The van der Waals surface area contributed by atoms with Crippen molar-refractivity contribution in [3.63, 3.8) is 0 Å². The average Bonchev–Trinajstić information content (AvgIpc) is 3.35. The lowest BCUT2D eigenvalue weighted by Crippen LogP contribution is -2.48. The second-order valence-corrected chi connectivity index (χ2v) is 9.79. The van der Waals surface area contributed by atoms with Gasteiger partial charge >= 0.3 is 0 Å². The van der Waals surface area contributed by atoms with Gasteiger partial charge in [-0.3, -0.25) is 9.59 Å². The second kappa shape index (κ2) is 7.12. The number of carbonyl (C=O) groups excluding carboxylic acids is 2. The Morgan fingerprint density at radius 2 is 1.62 bits per heavy atom.